The summed E-state index contributed by atoms with van der Waals surface area (Å²) in [5.74, 6) is 0.395. The van der Waals surface area contributed by atoms with Gasteiger partial charge in [0.2, 0.25) is 0 Å². The summed E-state index contributed by atoms with van der Waals surface area (Å²) in [6.07, 6.45) is 9.00. The number of para-hydroxylation sites is 1. The maximum Gasteiger partial charge on any atom is 0.124 e. The van der Waals surface area contributed by atoms with Crippen molar-refractivity contribution in [2.75, 3.05) is 4.90 Å². The molecule has 1 aliphatic carbocycles. The lowest BCUT2D eigenvalue weighted by Crippen LogP contribution is -2.28. The van der Waals surface area contributed by atoms with Gasteiger partial charge in [-0.05, 0) is 65.2 Å². The molecule has 3 heterocycles. The van der Waals surface area contributed by atoms with Gasteiger partial charge in [-0.1, -0.05) is 85.0 Å². The number of anilines is 2. The van der Waals surface area contributed by atoms with E-state index in [1.54, 1.807) is 11.3 Å². The Labute approximate surface area is 246 Å². The lowest BCUT2D eigenvalue weighted by molar-refractivity contribution is 0.745. The van der Waals surface area contributed by atoms with Crippen LogP contribution < -0.4 is 4.90 Å². The molecule has 4 heteroatoms. The fourth-order valence-corrected chi connectivity index (χ4v) is 8.88. The second-order valence-corrected chi connectivity index (χ2v) is 12.8. The summed E-state index contributed by atoms with van der Waals surface area (Å²) < 4.78 is 3.92. The normalized spacial score (nSPS) is 17.5. The van der Waals surface area contributed by atoms with Crippen molar-refractivity contribution in [3.63, 3.8) is 0 Å². The van der Waals surface area contributed by atoms with Crippen molar-refractivity contribution in [3.05, 3.63) is 139 Å². The van der Waals surface area contributed by atoms with E-state index in [2.05, 4.69) is 138 Å². The van der Waals surface area contributed by atoms with E-state index in [-0.39, 0.29) is 0 Å². The summed E-state index contributed by atoms with van der Waals surface area (Å²) in [5, 5.41) is 3.72. The summed E-state index contributed by atoms with van der Waals surface area (Å²) in [4.78, 5) is 7.58. The first-order chi connectivity index (χ1) is 20.3. The van der Waals surface area contributed by atoms with Crippen LogP contribution in [-0.2, 0) is 0 Å². The molecule has 1 aliphatic heterocycles. The average molecular weight is 561 g/mol. The van der Waals surface area contributed by atoms with Gasteiger partial charge >= 0.3 is 0 Å². The number of benzene rings is 5. The number of hydrogen-bond acceptors (Lipinski definition) is 4. The van der Waals surface area contributed by atoms with Crippen LogP contribution in [0.15, 0.2) is 133 Å². The van der Waals surface area contributed by atoms with E-state index < -0.39 is 0 Å². The Bertz CT molecular complexity index is 2170. The Morgan fingerprint density at radius 1 is 0.634 bits per heavy atom. The molecule has 41 heavy (non-hydrogen) atoms. The van der Waals surface area contributed by atoms with Crippen molar-refractivity contribution in [1.29, 1.82) is 0 Å². The zero-order valence-electron chi connectivity index (χ0n) is 22.1. The first kappa shape index (κ1) is 23.2. The Kier molecular flexibility index (Phi) is 5.10. The molecule has 2 aliphatic rings. The molecule has 9 rings (SSSR count). The fraction of sp³-hybridized carbons (Fsp3) is 0.0541. The molecule has 0 bridgehead atoms. The number of aromatic nitrogens is 1. The summed E-state index contributed by atoms with van der Waals surface area (Å²) >= 11 is 3.68. The van der Waals surface area contributed by atoms with E-state index >= 15 is 0 Å². The van der Waals surface area contributed by atoms with Gasteiger partial charge in [-0.25, -0.2) is 4.98 Å². The third-order valence-electron chi connectivity index (χ3n) is 8.45. The van der Waals surface area contributed by atoms with Crippen LogP contribution >= 0.6 is 22.7 Å². The smallest absolute Gasteiger partial charge is 0.124 e. The van der Waals surface area contributed by atoms with E-state index in [0.717, 1.165) is 16.1 Å². The maximum absolute atomic E-state index is 5.10. The topological polar surface area (TPSA) is 16.1 Å². The fourth-order valence-electron chi connectivity index (χ4n) is 6.53. The molecule has 0 saturated carbocycles. The maximum atomic E-state index is 5.10. The number of fused-ring (bicyclic) bond motifs is 8. The van der Waals surface area contributed by atoms with Crippen LogP contribution in [0.2, 0.25) is 0 Å². The highest BCUT2D eigenvalue weighted by Crippen LogP contribution is 2.48. The molecular weight excluding hydrogens is 537 g/mol. The standard InChI is InChI=1S/C37H24N2S2/c1-2-8-23(9-3-1)25-16-19-29-34(22-25)40-33-21-20-30-36(35(29)33)41-37(38-30)24-14-17-26(18-15-24)39-31-12-6-4-10-27(31)28-11-5-7-13-32(28)39/h1-22,27,31H. The van der Waals surface area contributed by atoms with Gasteiger partial charge in [-0.2, -0.15) is 0 Å². The largest absolute Gasteiger partial charge is 0.333 e. The SMILES string of the molecule is C1=CC2c3ccccc3N(c3ccc(-c4nc5ccc6sc7cc(-c8ccccc8)ccc7c6c5s4)cc3)C2C=C1. The molecule has 0 spiro atoms. The highest BCUT2D eigenvalue weighted by Gasteiger charge is 2.36. The molecule has 0 amide bonds. The zero-order chi connectivity index (χ0) is 26.9. The van der Waals surface area contributed by atoms with Crippen LogP contribution in [0.4, 0.5) is 11.4 Å². The van der Waals surface area contributed by atoms with Crippen molar-refractivity contribution in [3.8, 4) is 21.7 Å². The second-order valence-electron chi connectivity index (χ2n) is 10.7. The van der Waals surface area contributed by atoms with Crippen LogP contribution in [0, 0.1) is 0 Å². The number of thiazole rings is 1. The third kappa shape index (κ3) is 3.58. The van der Waals surface area contributed by atoms with Crippen LogP contribution in [0.25, 0.3) is 52.1 Å². The monoisotopic (exact) mass is 560 g/mol. The molecule has 0 N–H and O–H groups in total. The van der Waals surface area contributed by atoms with Gasteiger partial charge < -0.3 is 4.90 Å². The van der Waals surface area contributed by atoms with Gasteiger partial charge in [-0.3, -0.25) is 0 Å². The average Bonchev–Trinajstić information content (AvgIpc) is 3.73. The number of rotatable bonds is 3. The Hall–Kier alpha value is -4.51. The second kappa shape index (κ2) is 9.00. The molecule has 194 valence electrons. The van der Waals surface area contributed by atoms with Gasteiger partial charge in [0, 0.05) is 43.0 Å². The van der Waals surface area contributed by atoms with Crippen molar-refractivity contribution < 1.29 is 0 Å². The number of thiophene rings is 1. The van der Waals surface area contributed by atoms with Crippen molar-refractivity contribution in [1.82, 2.24) is 4.98 Å². The summed E-state index contributed by atoms with van der Waals surface area (Å²) in [6, 6.07) is 40.0. The van der Waals surface area contributed by atoms with Crippen LogP contribution in [0.3, 0.4) is 0 Å². The predicted octanol–water partition coefficient (Wildman–Crippen LogP) is 10.7. The molecule has 0 saturated heterocycles. The molecule has 7 aromatic rings. The third-order valence-corrected chi connectivity index (χ3v) is 10.7. The van der Waals surface area contributed by atoms with E-state index in [9.17, 15) is 0 Å². The van der Waals surface area contributed by atoms with E-state index in [0.29, 0.717) is 12.0 Å². The molecule has 2 nitrogen and oxygen atoms in total. The van der Waals surface area contributed by atoms with Crippen molar-refractivity contribution in [2.45, 2.75) is 12.0 Å². The minimum atomic E-state index is 0.313. The highest BCUT2D eigenvalue weighted by molar-refractivity contribution is 7.28. The Balaban J connectivity index is 1.11. The number of nitrogens with zero attached hydrogens (tertiary/aromatic N) is 2. The molecule has 2 atom stereocenters. The zero-order valence-corrected chi connectivity index (χ0v) is 23.7. The minimum absolute atomic E-state index is 0.313. The summed E-state index contributed by atoms with van der Waals surface area (Å²) in [5.41, 5.74) is 8.67. The summed E-state index contributed by atoms with van der Waals surface area (Å²) in [7, 11) is 0. The van der Waals surface area contributed by atoms with Gasteiger partial charge in [0.25, 0.3) is 0 Å². The van der Waals surface area contributed by atoms with Crippen molar-refractivity contribution in [2.24, 2.45) is 0 Å². The Morgan fingerprint density at radius 2 is 1.44 bits per heavy atom. The van der Waals surface area contributed by atoms with Crippen molar-refractivity contribution >= 4 is 64.4 Å². The highest BCUT2D eigenvalue weighted by atomic mass is 32.1. The lowest BCUT2D eigenvalue weighted by atomic mass is 9.91. The van der Waals surface area contributed by atoms with Gasteiger partial charge in [0.1, 0.15) is 5.01 Å². The Morgan fingerprint density at radius 3 is 2.34 bits per heavy atom. The van der Waals surface area contributed by atoms with Gasteiger partial charge in [0.15, 0.2) is 0 Å². The van der Waals surface area contributed by atoms with Gasteiger partial charge in [0.05, 0.1) is 16.3 Å². The molecule has 2 aromatic heterocycles. The molecule has 0 radical (unpaired) electrons. The first-order valence-corrected chi connectivity index (χ1v) is 15.6. The predicted molar refractivity (Wildman–Crippen MR) is 177 cm³/mol. The van der Waals surface area contributed by atoms with Crippen LogP contribution in [0.1, 0.15) is 11.5 Å². The molecular formula is C37H24N2S2. The lowest BCUT2D eigenvalue weighted by Gasteiger charge is -2.28. The molecule has 0 fully saturated rings. The van der Waals surface area contributed by atoms with E-state index in [4.69, 9.17) is 4.98 Å². The summed E-state index contributed by atoms with van der Waals surface area (Å²) in [6.45, 7) is 0. The number of hydrogen-bond donors (Lipinski definition) is 0. The quantitative estimate of drug-likeness (QED) is 0.214. The van der Waals surface area contributed by atoms with Crippen LogP contribution in [-0.4, -0.2) is 11.0 Å². The van der Waals surface area contributed by atoms with E-state index in [1.807, 2.05) is 11.3 Å². The van der Waals surface area contributed by atoms with E-state index in [1.165, 1.54) is 52.9 Å². The molecule has 2 unspecified atom stereocenters. The molecule has 5 aromatic carbocycles. The van der Waals surface area contributed by atoms with Crippen LogP contribution in [0.5, 0.6) is 0 Å². The number of allylic oxidation sites excluding steroid dienone is 2. The minimum Gasteiger partial charge on any atom is -0.333 e. The first-order valence-electron chi connectivity index (χ1n) is 14.0. The van der Waals surface area contributed by atoms with Gasteiger partial charge in [-0.15, -0.1) is 22.7 Å².